The number of rotatable bonds is 11. The van der Waals surface area contributed by atoms with Gasteiger partial charge in [-0.3, -0.25) is 4.98 Å². The Kier molecular flexibility index (Phi) is 8.91. The molecule has 0 saturated heterocycles. The fraction of sp³-hybridized carbons (Fsp3) is 0.259. The van der Waals surface area contributed by atoms with Gasteiger partial charge < -0.3 is 14.2 Å². The Morgan fingerprint density at radius 1 is 0.944 bits per heavy atom. The molecule has 0 aliphatic heterocycles. The highest BCUT2D eigenvalue weighted by molar-refractivity contribution is 8.01. The molecule has 0 radical (unpaired) electrons. The van der Waals surface area contributed by atoms with Gasteiger partial charge in [-0.15, -0.1) is 11.3 Å². The van der Waals surface area contributed by atoms with Crippen LogP contribution in [0.15, 0.2) is 77.4 Å². The fourth-order valence-corrected chi connectivity index (χ4v) is 5.16. The van der Waals surface area contributed by atoms with Crippen molar-refractivity contribution in [3.8, 4) is 5.75 Å². The topological polar surface area (TPSA) is 87.6 Å². The number of hydrogen-bond acceptors (Lipinski definition) is 9. The van der Waals surface area contributed by atoms with E-state index in [0.29, 0.717) is 29.2 Å². The highest BCUT2D eigenvalue weighted by Crippen LogP contribution is 2.30. The Bertz CT molecular complexity index is 1260. The number of fused-ring (bicyclic) bond motifs is 1. The van der Waals surface area contributed by atoms with Gasteiger partial charge in [0.15, 0.2) is 4.34 Å². The number of carbonyl (C=O) groups is 2. The molecule has 186 valence electrons. The molecule has 0 saturated carbocycles. The summed E-state index contributed by atoms with van der Waals surface area (Å²) in [6, 6.07) is 18.0. The van der Waals surface area contributed by atoms with Crippen molar-refractivity contribution in [2.75, 3.05) is 19.0 Å². The third-order valence-electron chi connectivity index (χ3n) is 4.91. The molecule has 1 atom stereocenters. The van der Waals surface area contributed by atoms with Crippen molar-refractivity contribution in [2.24, 2.45) is 5.92 Å². The lowest BCUT2D eigenvalue weighted by molar-refractivity contribution is 0.0240. The molecule has 2 aromatic carbocycles. The number of esters is 2. The van der Waals surface area contributed by atoms with Crippen molar-refractivity contribution >= 4 is 45.3 Å². The standard InChI is InChI=1S/C27H26N2O5S2/c1-18(2)15-33-25(30)19-9-11-21(12-10-19)32-16-22(34-26(31)20-6-5-13-28-14-20)17-35-27-29-23-7-3-4-8-24(23)36-27/h3-14,18,22H,15-17H2,1-2H3. The molecule has 0 amide bonds. The van der Waals surface area contributed by atoms with E-state index in [1.807, 2.05) is 38.1 Å². The Balaban J connectivity index is 1.39. The second kappa shape index (κ2) is 12.5. The monoisotopic (exact) mass is 522 g/mol. The third-order valence-corrected chi connectivity index (χ3v) is 7.22. The lowest BCUT2D eigenvalue weighted by Crippen LogP contribution is -2.27. The van der Waals surface area contributed by atoms with Gasteiger partial charge in [0, 0.05) is 18.1 Å². The van der Waals surface area contributed by atoms with Crippen LogP contribution in [-0.4, -0.2) is 47.0 Å². The summed E-state index contributed by atoms with van der Waals surface area (Å²) in [5.74, 6) is 0.452. The molecule has 0 N–H and O–H groups in total. The summed E-state index contributed by atoms with van der Waals surface area (Å²) in [4.78, 5) is 33.4. The molecule has 4 rings (SSSR count). The summed E-state index contributed by atoms with van der Waals surface area (Å²) in [5, 5.41) is 0. The number of nitrogens with zero attached hydrogens (tertiary/aromatic N) is 2. The van der Waals surface area contributed by atoms with E-state index >= 15 is 0 Å². The molecule has 1 unspecified atom stereocenters. The molecular formula is C27H26N2O5S2. The van der Waals surface area contributed by atoms with E-state index in [9.17, 15) is 9.59 Å². The van der Waals surface area contributed by atoms with Gasteiger partial charge in [-0.25, -0.2) is 14.6 Å². The van der Waals surface area contributed by atoms with E-state index in [1.165, 1.54) is 18.0 Å². The largest absolute Gasteiger partial charge is 0.490 e. The summed E-state index contributed by atoms with van der Waals surface area (Å²) in [6.07, 6.45) is 2.53. The summed E-state index contributed by atoms with van der Waals surface area (Å²) in [7, 11) is 0. The maximum Gasteiger partial charge on any atom is 0.340 e. The summed E-state index contributed by atoms with van der Waals surface area (Å²) in [6.45, 7) is 4.47. The van der Waals surface area contributed by atoms with Gasteiger partial charge in [0.1, 0.15) is 18.5 Å². The van der Waals surface area contributed by atoms with Gasteiger partial charge in [-0.1, -0.05) is 37.7 Å². The minimum Gasteiger partial charge on any atom is -0.490 e. The van der Waals surface area contributed by atoms with Crippen molar-refractivity contribution in [1.82, 2.24) is 9.97 Å². The first-order valence-corrected chi connectivity index (χ1v) is 13.3. The Hall–Kier alpha value is -3.43. The molecule has 2 aromatic heterocycles. The van der Waals surface area contributed by atoms with E-state index in [1.54, 1.807) is 53.9 Å². The molecule has 0 fully saturated rings. The average molecular weight is 523 g/mol. The lowest BCUT2D eigenvalue weighted by atomic mass is 10.2. The van der Waals surface area contributed by atoms with Crippen LogP contribution >= 0.6 is 23.1 Å². The fourth-order valence-electron chi connectivity index (χ4n) is 3.10. The van der Waals surface area contributed by atoms with Crippen LogP contribution in [0.2, 0.25) is 0 Å². The van der Waals surface area contributed by atoms with Crippen LogP contribution in [0.25, 0.3) is 10.2 Å². The van der Waals surface area contributed by atoms with E-state index < -0.39 is 12.1 Å². The number of thioether (sulfide) groups is 1. The van der Waals surface area contributed by atoms with Crippen LogP contribution in [0.4, 0.5) is 0 Å². The molecule has 9 heteroatoms. The zero-order valence-corrected chi connectivity index (χ0v) is 21.6. The maximum atomic E-state index is 12.7. The number of carbonyl (C=O) groups excluding carboxylic acids is 2. The van der Waals surface area contributed by atoms with Crippen LogP contribution < -0.4 is 4.74 Å². The van der Waals surface area contributed by atoms with Gasteiger partial charge in [-0.2, -0.15) is 0 Å². The van der Waals surface area contributed by atoms with Gasteiger partial charge in [0.25, 0.3) is 0 Å². The number of ether oxygens (including phenoxy) is 3. The molecular weight excluding hydrogens is 496 g/mol. The van der Waals surface area contributed by atoms with Crippen molar-refractivity contribution in [3.05, 3.63) is 84.2 Å². The van der Waals surface area contributed by atoms with Gasteiger partial charge >= 0.3 is 11.9 Å². The first-order valence-electron chi connectivity index (χ1n) is 11.5. The minimum atomic E-state index is -0.537. The normalized spacial score (nSPS) is 11.9. The molecule has 0 bridgehead atoms. The highest BCUT2D eigenvalue weighted by atomic mass is 32.2. The molecule has 4 aromatic rings. The van der Waals surface area contributed by atoms with E-state index in [0.717, 1.165) is 14.6 Å². The zero-order valence-electron chi connectivity index (χ0n) is 20.0. The van der Waals surface area contributed by atoms with Crippen molar-refractivity contribution in [3.63, 3.8) is 0 Å². The molecule has 36 heavy (non-hydrogen) atoms. The van der Waals surface area contributed by atoms with Gasteiger partial charge in [-0.05, 0) is 54.4 Å². The number of aromatic nitrogens is 2. The van der Waals surface area contributed by atoms with Gasteiger partial charge in [0.05, 0.1) is 28.0 Å². The first-order chi connectivity index (χ1) is 17.5. The molecule has 7 nitrogen and oxygen atoms in total. The molecule has 0 aliphatic carbocycles. The molecule has 0 aliphatic rings. The zero-order chi connectivity index (χ0) is 25.3. The Morgan fingerprint density at radius 3 is 2.47 bits per heavy atom. The smallest absolute Gasteiger partial charge is 0.340 e. The van der Waals surface area contributed by atoms with Crippen LogP contribution in [0, 0.1) is 5.92 Å². The predicted octanol–water partition coefficient (Wildman–Crippen LogP) is 5.90. The van der Waals surface area contributed by atoms with E-state index in [4.69, 9.17) is 14.2 Å². The number of hydrogen-bond donors (Lipinski definition) is 0. The number of para-hydroxylation sites is 1. The average Bonchev–Trinajstić information content (AvgIpc) is 3.32. The third kappa shape index (κ3) is 7.29. The van der Waals surface area contributed by atoms with Crippen molar-refractivity contribution < 1.29 is 23.8 Å². The predicted molar refractivity (Wildman–Crippen MR) is 141 cm³/mol. The van der Waals surface area contributed by atoms with Crippen LogP contribution in [0.3, 0.4) is 0 Å². The number of benzene rings is 2. The van der Waals surface area contributed by atoms with Crippen molar-refractivity contribution in [1.29, 1.82) is 0 Å². The first kappa shape index (κ1) is 25.7. The SMILES string of the molecule is CC(C)COC(=O)c1ccc(OCC(CSc2nc3ccccc3s2)OC(=O)c2cccnc2)cc1. The molecule has 2 heterocycles. The second-order valence-corrected chi connectivity index (χ2v) is 10.7. The number of thiazole rings is 1. The van der Waals surface area contributed by atoms with E-state index in [-0.39, 0.29) is 18.5 Å². The number of pyridine rings is 1. The van der Waals surface area contributed by atoms with E-state index in [2.05, 4.69) is 9.97 Å². The van der Waals surface area contributed by atoms with Crippen LogP contribution in [0.5, 0.6) is 5.75 Å². The quantitative estimate of drug-likeness (QED) is 0.178. The summed E-state index contributed by atoms with van der Waals surface area (Å²) < 4.78 is 18.9. The summed E-state index contributed by atoms with van der Waals surface area (Å²) in [5.41, 5.74) is 1.77. The second-order valence-electron chi connectivity index (χ2n) is 8.36. The highest BCUT2D eigenvalue weighted by Gasteiger charge is 2.19. The van der Waals surface area contributed by atoms with Crippen LogP contribution in [0.1, 0.15) is 34.6 Å². The lowest BCUT2D eigenvalue weighted by Gasteiger charge is -2.18. The Morgan fingerprint density at radius 2 is 1.75 bits per heavy atom. The van der Waals surface area contributed by atoms with Gasteiger partial charge in [0.2, 0.25) is 0 Å². The Labute approximate surface area is 217 Å². The maximum absolute atomic E-state index is 12.7. The van der Waals surface area contributed by atoms with Crippen molar-refractivity contribution in [2.45, 2.75) is 24.3 Å². The molecule has 0 spiro atoms. The van der Waals surface area contributed by atoms with Crippen LogP contribution in [-0.2, 0) is 9.47 Å². The minimum absolute atomic E-state index is 0.140. The summed E-state index contributed by atoms with van der Waals surface area (Å²) >= 11 is 3.11.